The molecule has 1 aliphatic rings. The Kier molecular flexibility index (Phi) is 4.81. The highest BCUT2D eigenvalue weighted by Crippen LogP contribution is 2.23. The number of likely N-dealkylation sites (tertiary alicyclic amines) is 1. The summed E-state index contributed by atoms with van der Waals surface area (Å²) >= 11 is 0. The van der Waals surface area contributed by atoms with Crippen LogP contribution in [0.25, 0.3) is 0 Å². The van der Waals surface area contributed by atoms with Crippen LogP contribution < -0.4 is 0 Å². The number of amides is 1. The number of hydrogen-bond acceptors (Lipinski definition) is 2. The zero-order valence-electron chi connectivity index (χ0n) is 12.1. The first-order valence-corrected chi connectivity index (χ1v) is 7.18. The molecule has 3 nitrogen and oxygen atoms in total. The van der Waals surface area contributed by atoms with Gasteiger partial charge in [-0.25, -0.2) is 0 Å². The fraction of sp³-hybridized carbons (Fsp3) is 0.471. The van der Waals surface area contributed by atoms with Gasteiger partial charge in [-0.2, -0.15) is 0 Å². The van der Waals surface area contributed by atoms with Gasteiger partial charge in [0.25, 0.3) is 5.91 Å². The summed E-state index contributed by atoms with van der Waals surface area (Å²) in [6, 6.07) is 6.04. The van der Waals surface area contributed by atoms with E-state index in [1.165, 1.54) is 0 Å². The van der Waals surface area contributed by atoms with Gasteiger partial charge in [-0.1, -0.05) is 18.8 Å². The van der Waals surface area contributed by atoms with Crippen molar-refractivity contribution < 1.29 is 9.90 Å². The van der Waals surface area contributed by atoms with Crippen LogP contribution in [0.3, 0.4) is 0 Å². The quantitative estimate of drug-likeness (QED) is 0.839. The van der Waals surface area contributed by atoms with Crippen molar-refractivity contribution in [2.24, 2.45) is 0 Å². The molecule has 1 unspecified atom stereocenters. The average molecular weight is 271 g/mol. The molecule has 1 aliphatic heterocycles. The van der Waals surface area contributed by atoms with Crippen molar-refractivity contribution >= 4 is 5.91 Å². The van der Waals surface area contributed by atoms with E-state index < -0.39 is 0 Å². The molecule has 0 saturated carbocycles. The van der Waals surface area contributed by atoms with Crippen LogP contribution >= 0.6 is 0 Å². The summed E-state index contributed by atoms with van der Waals surface area (Å²) < 4.78 is 0. The van der Waals surface area contributed by atoms with Gasteiger partial charge in [-0.05, 0) is 49.9 Å². The van der Waals surface area contributed by atoms with Gasteiger partial charge in [0.1, 0.15) is 6.61 Å². The van der Waals surface area contributed by atoms with Crippen molar-refractivity contribution in [3.63, 3.8) is 0 Å². The molecule has 1 aromatic rings. The van der Waals surface area contributed by atoms with Crippen LogP contribution in [-0.2, 0) is 0 Å². The number of carbonyl (C=O) groups is 1. The smallest absolute Gasteiger partial charge is 0.254 e. The number of aliphatic hydroxyl groups is 1. The summed E-state index contributed by atoms with van der Waals surface area (Å²) in [4.78, 5) is 14.6. The summed E-state index contributed by atoms with van der Waals surface area (Å²) in [5.74, 6) is 5.61. The lowest BCUT2D eigenvalue weighted by Gasteiger charge is -2.24. The number of hydrogen-bond donors (Lipinski definition) is 1. The number of rotatable bonds is 2. The van der Waals surface area contributed by atoms with Crippen LogP contribution in [0, 0.1) is 18.8 Å². The van der Waals surface area contributed by atoms with Crippen LogP contribution in [0.4, 0.5) is 0 Å². The third-order valence-corrected chi connectivity index (χ3v) is 3.75. The van der Waals surface area contributed by atoms with Crippen LogP contribution in [0.2, 0.25) is 0 Å². The Morgan fingerprint density at radius 2 is 2.25 bits per heavy atom. The van der Waals surface area contributed by atoms with Crippen molar-refractivity contribution in [1.82, 2.24) is 4.90 Å². The van der Waals surface area contributed by atoms with E-state index in [1.807, 2.05) is 30.0 Å². The van der Waals surface area contributed by atoms with Crippen LogP contribution in [0.5, 0.6) is 0 Å². The third-order valence-electron chi connectivity index (χ3n) is 3.75. The van der Waals surface area contributed by atoms with E-state index in [9.17, 15) is 4.79 Å². The minimum absolute atomic E-state index is 0.102. The van der Waals surface area contributed by atoms with Crippen molar-refractivity contribution in [1.29, 1.82) is 0 Å². The monoisotopic (exact) mass is 271 g/mol. The molecule has 0 aromatic heterocycles. The predicted molar refractivity (Wildman–Crippen MR) is 79.5 cm³/mol. The lowest BCUT2D eigenvalue weighted by atomic mass is 10.0. The summed E-state index contributed by atoms with van der Waals surface area (Å²) in [6.45, 7) is 4.77. The highest BCUT2D eigenvalue weighted by molar-refractivity contribution is 5.95. The van der Waals surface area contributed by atoms with E-state index in [4.69, 9.17) is 5.11 Å². The number of aryl methyl sites for hydroxylation is 1. The fourth-order valence-corrected chi connectivity index (χ4v) is 2.81. The lowest BCUT2D eigenvalue weighted by molar-refractivity contribution is 0.0733. The summed E-state index contributed by atoms with van der Waals surface area (Å²) in [6.07, 6.45) is 3.20. The molecule has 0 radical (unpaired) electrons. The number of aliphatic hydroxyl groups excluding tert-OH is 1. The van der Waals surface area contributed by atoms with Gasteiger partial charge in [0.15, 0.2) is 0 Å². The normalized spacial score (nSPS) is 17.8. The van der Waals surface area contributed by atoms with Gasteiger partial charge in [-0.15, -0.1) is 0 Å². The van der Waals surface area contributed by atoms with Gasteiger partial charge in [0, 0.05) is 23.7 Å². The first-order chi connectivity index (χ1) is 9.65. The maximum Gasteiger partial charge on any atom is 0.254 e. The second-order valence-corrected chi connectivity index (χ2v) is 5.25. The van der Waals surface area contributed by atoms with Gasteiger partial charge in [-0.3, -0.25) is 4.79 Å². The van der Waals surface area contributed by atoms with E-state index in [-0.39, 0.29) is 12.5 Å². The molecule has 0 bridgehead atoms. The van der Waals surface area contributed by atoms with Gasteiger partial charge in [0.2, 0.25) is 0 Å². The van der Waals surface area contributed by atoms with Crippen molar-refractivity contribution in [2.45, 2.75) is 39.2 Å². The average Bonchev–Trinajstić information content (AvgIpc) is 2.92. The topological polar surface area (TPSA) is 40.5 Å². The Bertz CT molecular complexity index is 554. The van der Waals surface area contributed by atoms with Gasteiger partial charge >= 0.3 is 0 Å². The summed E-state index contributed by atoms with van der Waals surface area (Å²) in [5, 5.41) is 8.77. The Balaban J connectivity index is 2.27. The molecule has 1 heterocycles. The van der Waals surface area contributed by atoms with E-state index >= 15 is 0 Å². The molecule has 1 fully saturated rings. The molecule has 1 atom stereocenters. The number of nitrogens with zero attached hydrogens (tertiary/aromatic N) is 1. The molecule has 1 N–H and O–H groups in total. The van der Waals surface area contributed by atoms with E-state index in [1.54, 1.807) is 0 Å². The highest BCUT2D eigenvalue weighted by Gasteiger charge is 2.28. The minimum atomic E-state index is -0.165. The van der Waals surface area contributed by atoms with Crippen molar-refractivity contribution in [3.8, 4) is 11.8 Å². The SMILES string of the molecule is CCC1CCCN1C(=O)c1cc(C)cc(C#CCO)c1. The predicted octanol–water partition coefficient (Wildman–Crippen LogP) is 2.35. The summed E-state index contributed by atoms with van der Waals surface area (Å²) in [7, 11) is 0. The van der Waals surface area contributed by atoms with Crippen LogP contribution in [0.15, 0.2) is 18.2 Å². The number of benzene rings is 1. The molecule has 1 saturated heterocycles. The summed E-state index contributed by atoms with van der Waals surface area (Å²) in [5.41, 5.74) is 2.51. The Labute approximate surface area is 120 Å². The first kappa shape index (κ1) is 14.6. The molecular weight excluding hydrogens is 250 g/mol. The maximum atomic E-state index is 12.6. The van der Waals surface area contributed by atoms with Gasteiger partial charge < -0.3 is 10.0 Å². The Morgan fingerprint density at radius 3 is 2.95 bits per heavy atom. The van der Waals surface area contributed by atoms with Gasteiger partial charge in [0.05, 0.1) is 0 Å². The first-order valence-electron chi connectivity index (χ1n) is 7.18. The zero-order chi connectivity index (χ0) is 14.5. The largest absolute Gasteiger partial charge is 0.384 e. The van der Waals surface area contributed by atoms with Crippen LogP contribution in [-0.4, -0.2) is 35.1 Å². The second-order valence-electron chi connectivity index (χ2n) is 5.25. The zero-order valence-corrected chi connectivity index (χ0v) is 12.1. The molecule has 20 heavy (non-hydrogen) atoms. The van der Waals surface area contributed by atoms with E-state index in [2.05, 4.69) is 18.8 Å². The minimum Gasteiger partial charge on any atom is -0.384 e. The molecule has 106 valence electrons. The van der Waals surface area contributed by atoms with Crippen molar-refractivity contribution in [3.05, 3.63) is 34.9 Å². The lowest BCUT2D eigenvalue weighted by Crippen LogP contribution is -2.35. The van der Waals surface area contributed by atoms with E-state index in [0.29, 0.717) is 11.6 Å². The molecule has 1 aromatic carbocycles. The molecule has 3 heteroatoms. The molecule has 0 spiro atoms. The molecule has 0 aliphatic carbocycles. The fourth-order valence-electron chi connectivity index (χ4n) is 2.81. The molecule has 2 rings (SSSR count). The Hall–Kier alpha value is -1.79. The third kappa shape index (κ3) is 3.20. The number of carbonyl (C=O) groups excluding carboxylic acids is 1. The highest BCUT2D eigenvalue weighted by atomic mass is 16.2. The molecular formula is C17H21NO2. The van der Waals surface area contributed by atoms with E-state index in [0.717, 1.165) is 36.9 Å². The van der Waals surface area contributed by atoms with Crippen LogP contribution in [0.1, 0.15) is 47.7 Å². The van der Waals surface area contributed by atoms with Crippen molar-refractivity contribution in [2.75, 3.05) is 13.2 Å². The standard InChI is InChI=1S/C17H21NO2/c1-3-16-7-4-8-18(16)17(20)15-11-13(2)10-14(12-15)6-5-9-19/h10-12,16,19H,3-4,7-9H2,1-2H3. The Morgan fingerprint density at radius 1 is 1.45 bits per heavy atom. The molecule has 1 amide bonds. The maximum absolute atomic E-state index is 12.6. The second kappa shape index (κ2) is 6.58.